The van der Waals surface area contributed by atoms with E-state index in [0.717, 1.165) is 17.7 Å². The van der Waals surface area contributed by atoms with Gasteiger partial charge in [0.05, 0.1) is 4.90 Å². The maximum atomic E-state index is 11.6. The second-order valence-corrected chi connectivity index (χ2v) is 6.06. The zero-order valence-electron chi connectivity index (χ0n) is 10.7. The van der Waals surface area contributed by atoms with Gasteiger partial charge in [-0.2, -0.15) is 0 Å². The molecule has 0 aliphatic rings. The molecule has 0 fully saturated rings. The van der Waals surface area contributed by atoms with Gasteiger partial charge in [-0.05, 0) is 44.2 Å². The minimum atomic E-state index is -3.17. The zero-order valence-corrected chi connectivity index (χ0v) is 11.5. The fourth-order valence-corrected chi connectivity index (χ4v) is 3.14. The summed E-state index contributed by atoms with van der Waals surface area (Å²) in [6.07, 6.45) is 1.23. The van der Waals surface area contributed by atoms with Crippen LogP contribution in [0.25, 0.3) is 0 Å². The van der Waals surface area contributed by atoms with Gasteiger partial charge in [-0.3, -0.25) is 0 Å². The molecule has 1 rings (SSSR count). The summed E-state index contributed by atoms with van der Waals surface area (Å²) in [4.78, 5) is 0.401. The molecule has 4 nitrogen and oxygen atoms in total. The first-order chi connectivity index (χ1) is 7.86. The molecule has 1 N–H and O–H groups in total. The minimum absolute atomic E-state index is 0.401. The van der Waals surface area contributed by atoms with Crippen LogP contribution in [0, 0.1) is 13.8 Å². The molecule has 0 aliphatic heterocycles. The third-order valence-corrected chi connectivity index (χ3v) is 3.81. The van der Waals surface area contributed by atoms with Gasteiger partial charge in [0, 0.05) is 12.8 Å². The number of nitrogens with one attached hydrogen (secondary N) is 1. The number of hydrogen-bond donors (Lipinski definition) is 1. The number of benzene rings is 1. The average Bonchev–Trinajstić information content (AvgIpc) is 2.14. The fraction of sp³-hybridized carbons (Fsp3) is 0.500. The molecule has 0 amide bonds. The second kappa shape index (κ2) is 5.51. The molecule has 0 spiro atoms. The predicted molar refractivity (Wildman–Crippen MR) is 68.4 cm³/mol. The van der Waals surface area contributed by atoms with Crippen LogP contribution in [0.2, 0.25) is 0 Å². The van der Waals surface area contributed by atoms with Crippen molar-refractivity contribution in [2.45, 2.75) is 18.7 Å². The van der Waals surface area contributed by atoms with Gasteiger partial charge in [0.25, 0.3) is 0 Å². The summed E-state index contributed by atoms with van der Waals surface area (Å²) in [5, 5.41) is 2.98. The lowest BCUT2D eigenvalue weighted by Crippen LogP contribution is -2.16. The summed E-state index contributed by atoms with van der Waals surface area (Å²) in [5.74, 6) is 0.711. The van der Waals surface area contributed by atoms with E-state index in [2.05, 4.69) is 5.32 Å². The average molecular weight is 257 g/mol. The van der Waals surface area contributed by atoms with E-state index in [1.807, 2.05) is 7.05 Å². The Morgan fingerprint density at radius 2 is 1.76 bits per heavy atom. The molecule has 0 bridgehead atoms. The van der Waals surface area contributed by atoms with E-state index in [9.17, 15) is 8.42 Å². The van der Waals surface area contributed by atoms with Crippen LogP contribution >= 0.6 is 0 Å². The lowest BCUT2D eigenvalue weighted by atomic mass is 10.1. The van der Waals surface area contributed by atoms with Gasteiger partial charge in [0.2, 0.25) is 0 Å². The number of sulfone groups is 1. The Balaban J connectivity index is 3.02. The molecule has 0 saturated heterocycles. The number of ether oxygens (including phenoxy) is 1. The van der Waals surface area contributed by atoms with E-state index in [0.29, 0.717) is 17.3 Å². The standard InChI is InChI=1S/C12H19NO3S/c1-9-7-11(16-6-5-13-3)8-10(2)12(9)17(4,14)15/h7-8,13H,5-6H2,1-4H3. The smallest absolute Gasteiger partial charge is 0.176 e. The Morgan fingerprint density at radius 3 is 2.18 bits per heavy atom. The van der Waals surface area contributed by atoms with Crippen LogP contribution in [0.3, 0.4) is 0 Å². The van der Waals surface area contributed by atoms with E-state index in [1.165, 1.54) is 6.26 Å². The summed E-state index contributed by atoms with van der Waals surface area (Å²) in [6, 6.07) is 3.53. The maximum Gasteiger partial charge on any atom is 0.176 e. The second-order valence-electron chi connectivity index (χ2n) is 4.11. The Kier molecular flexibility index (Phi) is 4.54. The largest absolute Gasteiger partial charge is 0.492 e. The van der Waals surface area contributed by atoms with Crippen LogP contribution in [0.15, 0.2) is 17.0 Å². The van der Waals surface area contributed by atoms with Crippen LogP contribution in [0.5, 0.6) is 5.75 Å². The van der Waals surface area contributed by atoms with E-state index in [-0.39, 0.29) is 0 Å². The number of likely N-dealkylation sites (N-methyl/N-ethyl adjacent to an activating group) is 1. The number of hydrogen-bond acceptors (Lipinski definition) is 4. The Bertz CT molecular complexity index is 471. The van der Waals surface area contributed by atoms with Crippen molar-refractivity contribution in [2.24, 2.45) is 0 Å². The molecule has 1 aromatic carbocycles. The highest BCUT2D eigenvalue weighted by Crippen LogP contribution is 2.25. The van der Waals surface area contributed by atoms with Gasteiger partial charge in [-0.25, -0.2) is 8.42 Å². The maximum absolute atomic E-state index is 11.6. The van der Waals surface area contributed by atoms with Gasteiger partial charge < -0.3 is 10.1 Å². The summed E-state index contributed by atoms with van der Waals surface area (Å²) in [5.41, 5.74) is 1.46. The van der Waals surface area contributed by atoms with Crippen LogP contribution in [0.1, 0.15) is 11.1 Å². The van der Waals surface area contributed by atoms with E-state index >= 15 is 0 Å². The summed E-state index contributed by atoms with van der Waals surface area (Å²) >= 11 is 0. The third kappa shape index (κ3) is 3.71. The van der Waals surface area contributed by atoms with E-state index < -0.39 is 9.84 Å². The Hall–Kier alpha value is -1.07. The third-order valence-electron chi connectivity index (χ3n) is 2.43. The first-order valence-corrected chi connectivity index (χ1v) is 7.34. The minimum Gasteiger partial charge on any atom is -0.492 e. The normalized spacial score (nSPS) is 11.5. The predicted octanol–water partition coefficient (Wildman–Crippen LogP) is 1.31. The fourth-order valence-electron chi connectivity index (χ4n) is 1.85. The van der Waals surface area contributed by atoms with Crippen LogP contribution in [-0.2, 0) is 9.84 Å². The molecule has 0 saturated carbocycles. The summed E-state index contributed by atoms with van der Waals surface area (Å²) in [7, 11) is -1.32. The highest BCUT2D eigenvalue weighted by Gasteiger charge is 2.15. The van der Waals surface area contributed by atoms with Crippen LogP contribution in [-0.4, -0.2) is 34.9 Å². The number of aryl methyl sites for hydroxylation is 2. The van der Waals surface area contributed by atoms with E-state index in [1.54, 1.807) is 26.0 Å². The van der Waals surface area contributed by atoms with Gasteiger partial charge in [-0.1, -0.05) is 0 Å². The van der Waals surface area contributed by atoms with Crippen molar-refractivity contribution in [2.75, 3.05) is 26.5 Å². The van der Waals surface area contributed by atoms with Gasteiger partial charge in [0.1, 0.15) is 12.4 Å². The van der Waals surface area contributed by atoms with Crippen molar-refractivity contribution in [3.05, 3.63) is 23.3 Å². The van der Waals surface area contributed by atoms with Gasteiger partial charge in [0.15, 0.2) is 9.84 Å². The molecule has 0 unspecified atom stereocenters. The number of rotatable bonds is 5. The molecule has 0 atom stereocenters. The molecular formula is C12H19NO3S. The topological polar surface area (TPSA) is 55.4 Å². The van der Waals surface area contributed by atoms with Crippen molar-refractivity contribution < 1.29 is 13.2 Å². The molecule has 0 aromatic heterocycles. The van der Waals surface area contributed by atoms with Crippen molar-refractivity contribution in [3.8, 4) is 5.75 Å². The van der Waals surface area contributed by atoms with Crippen LogP contribution < -0.4 is 10.1 Å². The summed E-state index contributed by atoms with van der Waals surface area (Å²) < 4.78 is 28.7. The molecule has 5 heteroatoms. The monoisotopic (exact) mass is 257 g/mol. The lowest BCUT2D eigenvalue weighted by Gasteiger charge is -2.12. The zero-order chi connectivity index (χ0) is 13.1. The highest BCUT2D eigenvalue weighted by atomic mass is 32.2. The first-order valence-electron chi connectivity index (χ1n) is 5.45. The lowest BCUT2D eigenvalue weighted by molar-refractivity contribution is 0.318. The molecule has 96 valence electrons. The quantitative estimate of drug-likeness (QED) is 0.808. The van der Waals surface area contributed by atoms with E-state index in [4.69, 9.17) is 4.74 Å². The Morgan fingerprint density at radius 1 is 1.24 bits per heavy atom. The molecule has 0 aliphatic carbocycles. The van der Waals surface area contributed by atoms with Crippen molar-refractivity contribution in [1.82, 2.24) is 5.32 Å². The first kappa shape index (κ1) is 14.0. The van der Waals surface area contributed by atoms with Gasteiger partial charge in [-0.15, -0.1) is 0 Å². The molecule has 0 heterocycles. The molecule has 1 aromatic rings. The molecule has 17 heavy (non-hydrogen) atoms. The highest BCUT2D eigenvalue weighted by molar-refractivity contribution is 7.90. The van der Waals surface area contributed by atoms with Crippen LogP contribution in [0.4, 0.5) is 0 Å². The SMILES string of the molecule is CNCCOc1cc(C)c(S(C)(=O)=O)c(C)c1. The summed E-state index contributed by atoms with van der Waals surface area (Å²) in [6.45, 7) is 4.89. The van der Waals surface area contributed by atoms with Crippen molar-refractivity contribution in [1.29, 1.82) is 0 Å². The molecular weight excluding hydrogens is 238 g/mol. The molecule has 0 radical (unpaired) electrons. The Labute approximate surface area is 103 Å². The van der Waals surface area contributed by atoms with Crippen molar-refractivity contribution >= 4 is 9.84 Å². The van der Waals surface area contributed by atoms with Crippen molar-refractivity contribution in [3.63, 3.8) is 0 Å². The van der Waals surface area contributed by atoms with Gasteiger partial charge >= 0.3 is 0 Å².